The van der Waals surface area contributed by atoms with E-state index in [-0.39, 0.29) is 0 Å². The minimum atomic E-state index is -1.14. The molecule has 1 aromatic rings. The molecule has 2 amide bonds. The predicted molar refractivity (Wildman–Crippen MR) is 91.7 cm³/mol. The van der Waals surface area contributed by atoms with E-state index in [4.69, 9.17) is 10.2 Å². The van der Waals surface area contributed by atoms with E-state index < -0.39 is 12.2 Å². The van der Waals surface area contributed by atoms with Crippen molar-refractivity contribution >= 4 is 23.6 Å². The molecule has 23 heavy (non-hydrogen) atoms. The fourth-order valence-electron chi connectivity index (χ4n) is 2.63. The Bertz CT molecular complexity index is 570. The van der Waals surface area contributed by atoms with E-state index in [1.54, 1.807) is 0 Å². The summed E-state index contributed by atoms with van der Waals surface area (Å²) in [7, 11) is 0. The van der Waals surface area contributed by atoms with E-state index in [1.165, 1.54) is 0 Å². The SMILES string of the molecule is CCCCc1cc(NC(=O)O)c(CCCC)c(NC(=O)O)c1C. The summed E-state index contributed by atoms with van der Waals surface area (Å²) in [5.41, 5.74) is 3.56. The number of amides is 2. The van der Waals surface area contributed by atoms with Gasteiger partial charge >= 0.3 is 12.2 Å². The zero-order valence-electron chi connectivity index (χ0n) is 14.0. The topological polar surface area (TPSA) is 98.7 Å². The van der Waals surface area contributed by atoms with Crippen LogP contribution < -0.4 is 10.6 Å². The van der Waals surface area contributed by atoms with Crippen molar-refractivity contribution in [1.29, 1.82) is 0 Å². The Balaban J connectivity index is 3.42. The van der Waals surface area contributed by atoms with Gasteiger partial charge in [-0.3, -0.25) is 10.6 Å². The smallest absolute Gasteiger partial charge is 0.409 e. The Hall–Kier alpha value is -2.24. The lowest BCUT2D eigenvalue weighted by atomic mass is 9.93. The fraction of sp³-hybridized carbons (Fsp3) is 0.529. The predicted octanol–water partition coefficient (Wildman–Crippen LogP) is 4.86. The highest BCUT2D eigenvalue weighted by Gasteiger charge is 2.18. The zero-order chi connectivity index (χ0) is 17.4. The minimum Gasteiger partial charge on any atom is -0.465 e. The molecule has 0 aromatic heterocycles. The maximum absolute atomic E-state index is 11.2. The average Bonchev–Trinajstić information content (AvgIpc) is 2.47. The first-order valence-electron chi connectivity index (χ1n) is 8.05. The van der Waals surface area contributed by atoms with Crippen LogP contribution in [0.1, 0.15) is 56.2 Å². The number of carboxylic acid groups (broad SMARTS) is 2. The number of hydrogen-bond acceptors (Lipinski definition) is 2. The van der Waals surface area contributed by atoms with E-state index in [0.29, 0.717) is 17.8 Å². The second-order valence-corrected chi connectivity index (χ2v) is 5.63. The largest absolute Gasteiger partial charge is 0.465 e. The first-order chi connectivity index (χ1) is 10.9. The quantitative estimate of drug-likeness (QED) is 0.549. The Kier molecular flexibility index (Phi) is 7.38. The molecule has 0 saturated carbocycles. The molecule has 1 rings (SSSR count). The molecule has 128 valence electrons. The van der Waals surface area contributed by atoms with Gasteiger partial charge in [-0.05, 0) is 55.4 Å². The van der Waals surface area contributed by atoms with Crippen molar-refractivity contribution in [2.24, 2.45) is 0 Å². The van der Waals surface area contributed by atoms with E-state index in [2.05, 4.69) is 17.6 Å². The molecule has 0 aliphatic carbocycles. The van der Waals surface area contributed by atoms with Gasteiger partial charge in [-0.2, -0.15) is 0 Å². The first kappa shape index (κ1) is 18.8. The summed E-state index contributed by atoms with van der Waals surface area (Å²) in [6.07, 6.45) is 2.91. The van der Waals surface area contributed by atoms with Crippen molar-refractivity contribution < 1.29 is 19.8 Å². The van der Waals surface area contributed by atoms with Crippen LogP contribution in [0.3, 0.4) is 0 Å². The third-order valence-electron chi connectivity index (χ3n) is 3.86. The van der Waals surface area contributed by atoms with E-state index in [0.717, 1.165) is 48.8 Å². The molecule has 0 unspecified atom stereocenters. The number of rotatable bonds is 8. The molecule has 0 radical (unpaired) electrons. The molecule has 0 spiro atoms. The van der Waals surface area contributed by atoms with Gasteiger partial charge in [-0.25, -0.2) is 9.59 Å². The monoisotopic (exact) mass is 322 g/mol. The average molecular weight is 322 g/mol. The highest BCUT2D eigenvalue weighted by molar-refractivity contribution is 5.91. The van der Waals surface area contributed by atoms with E-state index >= 15 is 0 Å². The summed E-state index contributed by atoms with van der Waals surface area (Å²) in [5, 5.41) is 23.1. The molecule has 1 aromatic carbocycles. The molecule has 0 aliphatic rings. The summed E-state index contributed by atoms with van der Waals surface area (Å²) in [4.78, 5) is 22.2. The van der Waals surface area contributed by atoms with Gasteiger partial charge in [0.15, 0.2) is 0 Å². The normalized spacial score (nSPS) is 10.4. The van der Waals surface area contributed by atoms with Crippen LogP contribution in [0.4, 0.5) is 21.0 Å². The van der Waals surface area contributed by atoms with Crippen molar-refractivity contribution in [3.05, 3.63) is 22.8 Å². The van der Waals surface area contributed by atoms with E-state index in [9.17, 15) is 9.59 Å². The van der Waals surface area contributed by atoms with Crippen LogP contribution in [-0.4, -0.2) is 22.4 Å². The number of benzene rings is 1. The lowest BCUT2D eigenvalue weighted by molar-refractivity contribution is 0.208. The Morgan fingerprint density at radius 2 is 1.57 bits per heavy atom. The molecular weight excluding hydrogens is 296 g/mol. The third kappa shape index (κ3) is 5.47. The van der Waals surface area contributed by atoms with Gasteiger partial charge in [0.1, 0.15) is 0 Å². The maximum atomic E-state index is 11.2. The molecule has 0 atom stereocenters. The van der Waals surface area contributed by atoms with Crippen LogP contribution >= 0.6 is 0 Å². The van der Waals surface area contributed by atoms with Crippen molar-refractivity contribution in [3.63, 3.8) is 0 Å². The number of nitrogens with one attached hydrogen (secondary N) is 2. The van der Waals surface area contributed by atoms with Gasteiger partial charge in [0.25, 0.3) is 0 Å². The van der Waals surface area contributed by atoms with Crippen LogP contribution in [0, 0.1) is 6.92 Å². The lowest BCUT2D eigenvalue weighted by Gasteiger charge is -2.20. The summed E-state index contributed by atoms with van der Waals surface area (Å²) >= 11 is 0. The molecule has 6 nitrogen and oxygen atoms in total. The maximum Gasteiger partial charge on any atom is 0.409 e. The van der Waals surface area contributed by atoms with Crippen LogP contribution in [0.15, 0.2) is 6.07 Å². The standard InChI is InChI=1S/C17H26N2O4/c1-4-6-8-12-10-14(18-16(20)21)13(9-7-5-2)15(11(12)3)19-17(22)23/h10,18-19H,4-9H2,1-3H3,(H,20,21)(H,22,23). The van der Waals surface area contributed by atoms with Crippen LogP contribution in [0.25, 0.3) is 0 Å². The molecule has 0 fully saturated rings. The van der Waals surface area contributed by atoms with Crippen molar-refractivity contribution in [2.75, 3.05) is 10.6 Å². The van der Waals surface area contributed by atoms with Crippen LogP contribution in [-0.2, 0) is 12.8 Å². The van der Waals surface area contributed by atoms with Gasteiger partial charge in [0, 0.05) is 5.69 Å². The van der Waals surface area contributed by atoms with Crippen molar-refractivity contribution in [1.82, 2.24) is 0 Å². The first-order valence-corrected chi connectivity index (χ1v) is 8.05. The molecule has 4 N–H and O–H groups in total. The second-order valence-electron chi connectivity index (χ2n) is 5.63. The van der Waals surface area contributed by atoms with Gasteiger partial charge in [0.2, 0.25) is 0 Å². The number of aryl methyl sites for hydroxylation is 1. The zero-order valence-corrected chi connectivity index (χ0v) is 14.0. The second kappa shape index (κ2) is 9.02. The van der Waals surface area contributed by atoms with Gasteiger partial charge in [-0.1, -0.05) is 26.7 Å². The lowest BCUT2D eigenvalue weighted by Crippen LogP contribution is -2.16. The van der Waals surface area contributed by atoms with Crippen molar-refractivity contribution in [2.45, 2.75) is 59.3 Å². The molecule has 0 bridgehead atoms. The van der Waals surface area contributed by atoms with Crippen LogP contribution in [0.5, 0.6) is 0 Å². The van der Waals surface area contributed by atoms with Gasteiger partial charge in [0.05, 0.1) is 5.69 Å². The fourth-order valence-corrected chi connectivity index (χ4v) is 2.63. The minimum absolute atomic E-state index is 0.478. The number of hydrogen-bond donors (Lipinski definition) is 4. The summed E-state index contributed by atoms with van der Waals surface area (Å²) in [5.74, 6) is 0. The molecular formula is C17H26N2O4. The Labute approximate surface area is 136 Å². The summed E-state index contributed by atoms with van der Waals surface area (Å²) in [6.45, 7) is 6.01. The Morgan fingerprint density at radius 3 is 2.09 bits per heavy atom. The molecule has 0 heterocycles. The Morgan fingerprint density at radius 1 is 1.00 bits per heavy atom. The van der Waals surface area contributed by atoms with E-state index in [1.807, 2.05) is 19.9 Å². The van der Waals surface area contributed by atoms with Crippen LogP contribution in [0.2, 0.25) is 0 Å². The number of carbonyl (C=O) groups is 2. The summed E-state index contributed by atoms with van der Waals surface area (Å²) in [6, 6.07) is 1.84. The highest BCUT2D eigenvalue weighted by Crippen LogP contribution is 2.33. The molecule has 0 saturated heterocycles. The van der Waals surface area contributed by atoms with Gasteiger partial charge in [-0.15, -0.1) is 0 Å². The van der Waals surface area contributed by atoms with Crippen molar-refractivity contribution in [3.8, 4) is 0 Å². The highest BCUT2D eigenvalue weighted by atomic mass is 16.4. The summed E-state index contributed by atoms with van der Waals surface area (Å²) < 4.78 is 0. The number of unbranched alkanes of at least 4 members (excludes halogenated alkanes) is 2. The third-order valence-corrected chi connectivity index (χ3v) is 3.86. The molecule has 0 aliphatic heterocycles. The van der Waals surface area contributed by atoms with Gasteiger partial charge < -0.3 is 10.2 Å². The molecule has 6 heteroatoms. The number of anilines is 2.